The van der Waals surface area contributed by atoms with Gasteiger partial charge in [-0.1, -0.05) is 53.7 Å². The summed E-state index contributed by atoms with van der Waals surface area (Å²) in [6, 6.07) is 19.5. The predicted octanol–water partition coefficient (Wildman–Crippen LogP) is 6.35. The molecule has 0 unspecified atom stereocenters. The number of anilines is 1. The van der Waals surface area contributed by atoms with Crippen molar-refractivity contribution in [1.29, 1.82) is 0 Å². The topological polar surface area (TPSA) is 150 Å². The molecule has 1 N–H and O–H groups in total. The van der Waals surface area contributed by atoms with E-state index < -0.39 is 42.2 Å². The molecule has 4 aromatic rings. The Morgan fingerprint density at radius 3 is 2.20 bits per heavy atom. The van der Waals surface area contributed by atoms with Crippen LogP contribution < -0.4 is 9.50 Å². The highest BCUT2D eigenvalue weighted by molar-refractivity contribution is 8.04. The number of nitro groups is 1. The first-order valence-corrected chi connectivity index (χ1v) is 17.0. The summed E-state index contributed by atoms with van der Waals surface area (Å²) in [5.74, 6) is -1.15. The number of hydrogen-bond donors (Lipinski definition) is 1. The second-order valence-electron chi connectivity index (χ2n) is 10.2. The Hall–Kier alpha value is -4.46. The minimum absolute atomic E-state index is 0.0915. The molecule has 1 heterocycles. The third-order valence-electron chi connectivity index (χ3n) is 6.97. The van der Waals surface area contributed by atoms with Gasteiger partial charge in [0.25, 0.3) is 5.91 Å². The molecule has 5 rings (SSSR count). The monoisotopic (exact) mass is 650 g/mol. The number of carbonyl (C=O) groups is 1. The molecule has 0 aliphatic carbocycles. The molecule has 0 fully saturated rings. The van der Waals surface area contributed by atoms with E-state index in [1.165, 1.54) is 42.5 Å². The van der Waals surface area contributed by atoms with Crippen molar-refractivity contribution >= 4 is 55.1 Å². The molecule has 0 saturated heterocycles. The normalized spacial score (nSPS) is 14.2. The lowest BCUT2D eigenvalue weighted by atomic mass is 10.1. The molecule has 4 aromatic carbocycles. The fraction of sp³-hybridized carbons (Fsp3) is 0.129. The van der Waals surface area contributed by atoms with Gasteiger partial charge in [0.1, 0.15) is 4.90 Å². The zero-order chi connectivity index (χ0) is 31.8. The van der Waals surface area contributed by atoms with E-state index in [-0.39, 0.29) is 26.0 Å². The lowest BCUT2D eigenvalue weighted by Gasteiger charge is -2.20. The van der Waals surface area contributed by atoms with Crippen LogP contribution in [0.15, 0.2) is 98.5 Å². The predicted molar refractivity (Wildman–Crippen MR) is 168 cm³/mol. The van der Waals surface area contributed by atoms with Crippen molar-refractivity contribution in [3.63, 3.8) is 0 Å². The van der Waals surface area contributed by atoms with E-state index in [9.17, 15) is 31.7 Å². The van der Waals surface area contributed by atoms with E-state index in [0.29, 0.717) is 10.6 Å². The third kappa shape index (κ3) is 6.54. The molecule has 1 amide bonds. The maximum Gasteiger partial charge on any atom is 0.339 e. The summed E-state index contributed by atoms with van der Waals surface area (Å²) < 4.78 is 57.2. The van der Waals surface area contributed by atoms with Crippen LogP contribution in [0.25, 0.3) is 6.08 Å². The van der Waals surface area contributed by atoms with Crippen molar-refractivity contribution in [3.05, 3.63) is 122 Å². The van der Waals surface area contributed by atoms with Gasteiger partial charge in [-0.2, -0.15) is 8.42 Å². The molecule has 13 heteroatoms. The fourth-order valence-corrected chi connectivity index (χ4v) is 8.12. The number of nitro benzene ring substituents is 1. The van der Waals surface area contributed by atoms with E-state index in [1.54, 1.807) is 19.1 Å². The Morgan fingerprint density at radius 1 is 0.886 bits per heavy atom. The second kappa shape index (κ2) is 11.9. The molecular formula is C31H26N2O8S3. The largest absolute Gasteiger partial charge is 0.372 e. The maximum atomic E-state index is 13.3. The van der Waals surface area contributed by atoms with Crippen LogP contribution in [0.5, 0.6) is 5.75 Å². The van der Waals surface area contributed by atoms with Gasteiger partial charge in [0.05, 0.1) is 26.2 Å². The second-order valence-corrected chi connectivity index (χ2v) is 14.8. The van der Waals surface area contributed by atoms with Gasteiger partial charge in [0.2, 0.25) is 5.75 Å². The number of thioether (sulfide) groups is 1. The summed E-state index contributed by atoms with van der Waals surface area (Å²) in [4.78, 5) is 24.5. The number of carbonyl (C=O) groups excluding carboxylic acids is 1. The van der Waals surface area contributed by atoms with Crippen LogP contribution in [-0.2, 0) is 30.5 Å². The molecule has 1 aliphatic heterocycles. The van der Waals surface area contributed by atoms with Gasteiger partial charge in [0.15, 0.2) is 9.84 Å². The highest BCUT2D eigenvalue weighted by atomic mass is 32.2. The average Bonchev–Trinajstić information content (AvgIpc) is 2.96. The molecule has 0 saturated carbocycles. The van der Waals surface area contributed by atoms with Crippen molar-refractivity contribution < 1.29 is 30.7 Å². The Bertz CT molecular complexity index is 2050. The van der Waals surface area contributed by atoms with Crippen LogP contribution >= 0.6 is 11.8 Å². The van der Waals surface area contributed by atoms with Crippen molar-refractivity contribution in [1.82, 2.24) is 0 Å². The number of nitrogens with zero attached hydrogens (tertiary/aromatic N) is 1. The number of benzene rings is 4. The van der Waals surface area contributed by atoms with E-state index in [0.717, 1.165) is 46.1 Å². The summed E-state index contributed by atoms with van der Waals surface area (Å²) >= 11 is 1.02. The smallest absolute Gasteiger partial charge is 0.339 e. The summed E-state index contributed by atoms with van der Waals surface area (Å²) in [7, 11) is -8.07. The molecule has 44 heavy (non-hydrogen) atoms. The van der Waals surface area contributed by atoms with E-state index in [2.05, 4.69) is 5.32 Å². The lowest BCUT2D eigenvalue weighted by molar-refractivity contribution is -0.385. The maximum absolute atomic E-state index is 13.3. The van der Waals surface area contributed by atoms with Crippen LogP contribution in [-0.4, -0.2) is 27.7 Å². The fourth-order valence-electron chi connectivity index (χ4n) is 4.54. The van der Waals surface area contributed by atoms with E-state index in [4.69, 9.17) is 4.18 Å². The molecule has 226 valence electrons. The van der Waals surface area contributed by atoms with Gasteiger partial charge in [-0.05, 0) is 85.5 Å². The number of amides is 1. The number of hydrogen-bond acceptors (Lipinski definition) is 9. The number of rotatable bonds is 8. The van der Waals surface area contributed by atoms with Gasteiger partial charge < -0.3 is 9.50 Å². The summed E-state index contributed by atoms with van der Waals surface area (Å²) in [5.41, 5.74) is 3.35. The molecule has 10 nitrogen and oxygen atoms in total. The highest BCUT2D eigenvalue weighted by Crippen LogP contribution is 2.41. The van der Waals surface area contributed by atoms with E-state index >= 15 is 0 Å². The third-order valence-corrected chi connectivity index (χ3v) is 10.9. The van der Waals surface area contributed by atoms with Crippen LogP contribution in [0.1, 0.15) is 27.8 Å². The van der Waals surface area contributed by atoms with Gasteiger partial charge in [-0.15, -0.1) is 0 Å². The molecule has 0 aromatic heterocycles. The van der Waals surface area contributed by atoms with Crippen LogP contribution in [0.4, 0.5) is 11.4 Å². The molecular weight excluding hydrogens is 625 g/mol. The van der Waals surface area contributed by atoms with E-state index in [1.807, 2.05) is 32.0 Å². The highest BCUT2D eigenvalue weighted by Gasteiger charge is 2.27. The zero-order valence-electron chi connectivity index (χ0n) is 23.7. The quantitative estimate of drug-likeness (QED) is 0.0996. The molecule has 0 radical (unpaired) electrons. The van der Waals surface area contributed by atoms with Crippen molar-refractivity contribution in [2.24, 2.45) is 0 Å². The number of sulfone groups is 1. The Balaban J connectivity index is 1.43. The van der Waals surface area contributed by atoms with Gasteiger partial charge in [0, 0.05) is 11.0 Å². The minimum Gasteiger partial charge on any atom is -0.372 e. The Kier molecular flexibility index (Phi) is 8.38. The van der Waals surface area contributed by atoms with Crippen LogP contribution in [0.3, 0.4) is 0 Å². The Labute approximate surface area is 259 Å². The first-order valence-electron chi connectivity index (χ1n) is 13.2. The molecule has 0 bridgehead atoms. The SMILES string of the molecule is Cc1ccc(S(=O)(=O)Oc2ccc(/C=C3/Sc4cc(S(=O)(=O)Cc5c(C)cccc5C)ccc4NC3=O)cc2[N+](=O)[O-])cc1. The summed E-state index contributed by atoms with van der Waals surface area (Å²) in [5, 5.41) is 14.6. The number of aryl methyl sites for hydroxylation is 3. The number of fused-ring (bicyclic) bond motifs is 1. The van der Waals surface area contributed by atoms with Crippen LogP contribution in [0, 0.1) is 30.9 Å². The standard InChI is InChI=1S/C31H26N2O8S3/c1-19-7-10-23(11-8-19)44(39,40)41-28-14-9-22(15-27(28)33(35)36)16-30-31(34)32-26-13-12-24(17-29(26)42-30)43(37,38)18-25-20(2)5-4-6-21(25)3/h4-17H,18H2,1-3H3,(H,32,34)/b30-16+. The van der Waals surface area contributed by atoms with Crippen molar-refractivity contribution in [3.8, 4) is 5.75 Å². The zero-order valence-corrected chi connectivity index (χ0v) is 26.2. The summed E-state index contributed by atoms with van der Waals surface area (Å²) in [6.45, 7) is 5.51. The average molecular weight is 651 g/mol. The minimum atomic E-state index is -4.35. The molecule has 0 atom stereocenters. The lowest BCUT2D eigenvalue weighted by Crippen LogP contribution is -2.18. The van der Waals surface area contributed by atoms with Crippen molar-refractivity contribution in [2.75, 3.05) is 5.32 Å². The first-order chi connectivity index (χ1) is 20.7. The number of nitrogens with one attached hydrogen (secondary N) is 1. The molecule has 1 aliphatic rings. The molecule has 0 spiro atoms. The van der Waals surface area contributed by atoms with Gasteiger partial charge in [-0.25, -0.2) is 8.42 Å². The van der Waals surface area contributed by atoms with Crippen LogP contribution in [0.2, 0.25) is 0 Å². The first kappa shape index (κ1) is 31.0. The van der Waals surface area contributed by atoms with Crippen molar-refractivity contribution in [2.45, 2.75) is 41.2 Å². The summed E-state index contributed by atoms with van der Waals surface area (Å²) in [6.07, 6.45) is 1.39. The van der Waals surface area contributed by atoms with Gasteiger partial charge >= 0.3 is 15.8 Å². The Morgan fingerprint density at radius 2 is 1.55 bits per heavy atom. The van der Waals surface area contributed by atoms with Gasteiger partial charge in [-0.3, -0.25) is 14.9 Å².